The first-order chi connectivity index (χ1) is 12.6. The quantitative estimate of drug-likeness (QED) is 0.755. The summed E-state index contributed by atoms with van der Waals surface area (Å²) in [6.45, 7) is 6.19. The Hall–Kier alpha value is -1.92. The van der Waals surface area contributed by atoms with Crippen LogP contribution in [-0.2, 0) is 9.59 Å². The van der Waals surface area contributed by atoms with E-state index in [1.165, 1.54) is 19.3 Å². The number of carbonyl (C=O) groups is 2. The Morgan fingerprint density at radius 2 is 1.85 bits per heavy atom. The SMILES string of the molecule is Cc1ccc(NC(=O)C2CCNCC2)cc1NC(=O)CN1CCCCC1. The predicted octanol–water partition coefficient (Wildman–Crippen LogP) is 2.36. The molecule has 6 nitrogen and oxygen atoms in total. The summed E-state index contributed by atoms with van der Waals surface area (Å²) in [5.41, 5.74) is 2.51. The molecule has 1 aromatic carbocycles. The molecule has 1 aromatic rings. The fraction of sp³-hybridized carbons (Fsp3) is 0.600. The Morgan fingerprint density at radius 3 is 2.58 bits per heavy atom. The van der Waals surface area contributed by atoms with Crippen molar-refractivity contribution in [3.8, 4) is 0 Å². The number of anilines is 2. The highest BCUT2D eigenvalue weighted by atomic mass is 16.2. The fourth-order valence-corrected chi connectivity index (χ4v) is 3.67. The summed E-state index contributed by atoms with van der Waals surface area (Å²) < 4.78 is 0. The second-order valence-electron chi connectivity index (χ2n) is 7.43. The third kappa shape index (κ3) is 5.29. The first-order valence-electron chi connectivity index (χ1n) is 9.76. The maximum Gasteiger partial charge on any atom is 0.238 e. The highest BCUT2D eigenvalue weighted by Gasteiger charge is 2.21. The van der Waals surface area contributed by atoms with Crippen LogP contribution in [0.25, 0.3) is 0 Å². The van der Waals surface area contributed by atoms with E-state index in [-0.39, 0.29) is 17.7 Å². The Bertz CT molecular complexity index is 635. The van der Waals surface area contributed by atoms with E-state index in [4.69, 9.17) is 0 Å². The first-order valence-corrected chi connectivity index (χ1v) is 9.76. The van der Waals surface area contributed by atoms with Gasteiger partial charge in [0.1, 0.15) is 0 Å². The summed E-state index contributed by atoms with van der Waals surface area (Å²) in [5, 5.41) is 9.29. The minimum atomic E-state index is 0.0110. The van der Waals surface area contributed by atoms with Crippen molar-refractivity contribution in [2.24, 2.45) is 5.92 Å². The van der Waals surface area contributed by atoms with Crippen LogP contribution in [0.2, 0.25) is 0 Å². The molecule has 2 saturated heterocycles. The van der Waals surface area contributed by atoms with Gasteiger partial charge in [0.05, 0.1) is 6.54 Å². The van der Waals surface area contributed by atoms with Gasteiger partial charge in [-0.3, -0.25) is 14.5 Å². The van der Waals surface area contributed by atoms with Gasteiger partial charge in [0.25, 0.3) is 0 Å². The van der Waals surface area contributed by atoms with E-state index in [9.17, 15) is 9.59 Å². The normalized spacial score (nSPS) is 19.1. The average molecular weight is 358 g/mol. The van der Waals surface area contributed by atoms with Crippen LogP contribution in [0.3, 0.4) is 0 Å². The van der Waals surface area contributed by atoms with Crippen molar-refractivity contribution >= 4 is 23.2 Å². The molecule has 2 fully saturated rings. The van der Waals surface area contributed by atoms with Crippen molar-refractivity contribution in [2.75, 3.05) is 43.4 Å². The number of amides is 2. The van der Waals surface area contributed by atoms with Crippen LogP contribution < -0.4 is 16.0 Å². The molecule has 3 N–H and O–H groups in total. The van der Waals surface area contributed by atoms with E-state index in [1.807, 2.05) is 25.1 Å². The van der Waals surface area contributed by atoms with Gasteiger partial charge in [0.2, 0.25) is 11.8 Å². The summed E-state index contributed by atoms with van der Waals surface area (Å²) in [6.07, 6.45) is 5.35. The topological polar surface area (TPSA) is 73.5 Å². The lowest BCUT2D eigenvalue weighted by Gasteiger charge is -2.25. The maximum absolute atomic E-state index is 12.4. The minimum absolute atomic E-state index is 0.0110. The number of benzene rings is 1. The molecule has 0 atom stereocenters. The Balaban J connectivity index is 1.57. The standard InChI is InChI=1S/C20H30N4O2/c1-15-5-6-17(22-20(26)16-7-9-21-10-8-16)13-18(15)23-19(25)14-24-11-3-2-4-12-24/h5-6,13,16,21H,2-4,7-12,14H2,1H3,(H,22,26)(H,23,25). The fourth-order valence-electron chi connectivity index (χ4n) is 3.67. The molecule has 2 amide bonds. The molecule has 0 aliphatic carbocycles. The molecular weight excluding hydrogens is 328 g/mol. The average Bonchev–Trinajstić information content (AvgIpc) is 2.66. The van der Waals surface area contributed by atoms with Gasteiger partial charge >= 0.3 is 0 Å². The number of piperidine rings is 2. The first kappa shape index (κ1) is 18.9. The van der Waals surface area contributed by atoms with Crippen molar-refractivity contribution in [2.45, 2.75) is 39.0 Å². The summed E-state index contributed by atoms with van der Waals surface area (Å²) in [7, 11) is 0. The van der Waals surface area contributed by atoms with Crippen LogP contribution in [0.4, 0.5) is 11.4 Å². The molecule has 0 bridgehead atoms. The molecule has 0 saturated carbocycles. The Kier molecular flexibility index (Phi) is 6.63. The molecule has 26 heavy (non-hydrogen) atoms. The number of nitrogens with zero attached hydrogens (tertiary/aromatic N) is 1. The smallest absolute Gasteiger partial charge is 0.238 e. The number of nitrogens with one attached hydrogen (secondary N) is 3. The number of hydrogen-bond acceptors (Lipinski definition) is 4. The van der Waals surface area contributed by atoms with Crippen LogP contribution in [0, 0.1) is 12.8 Å². The number of rotatable bonds is 5. The third-order valence-corrected chi connectivity index (χ3v) is 5.31. The van der Waals surface area contributed by atoms with Gasteiger partial charge in [0, 0.05) is 17.3 Å². The minimum Gasteiger partial charge on any atom is -0.326 e. The molecule has 142 valence electrons. The number of carbonyl (C=O) groups excluding carboxylic acids is 2. The third-order valence-electron chi connectivity index (χ3n) is 5.31. The maximum atomic E-state index is 12.4. The van der Waals surface area contributed by atoms with Gasteiger partial charge in [-0.1, -0.05) is 12.5 Å². The number of aryl methyl sites for hydroxylation is 1. The molecular formula is C20H30N4O2. The lowest BCUT2D eigenvalue weighted by molar-refractivity contribution is -0.120. The van der Waals surface area contributed by atoms with E-state index in [2.05, 4.69) is 20.9 Å². The van der Waals surface area contributed by atoms with Crippen molar-refractivity contribution in [3.05, 3.63) is 23.8 Å². The highest BCUT2D eigenvalue weighted by molar-refractivity contribution is 5.96. The molecule has 0 unspecified atom stereocenters. The zero-order valence-corrected chi connectivity index (χ0v) is 15.6. The lowest BCUT2D eigenvalue weighted by atomic mass is 9.97. The van der Waals surface area contributed by atoms with Crippen molar-refractivity contribution < 1.29 is 9.59 Å². The summed E-state index contributed by atoms with van der Waals surface area (Å²) >= 11 is 0. The van der Waals surface area contributed by atoms with Crippen LogP contribution in [0.15, 0.2) is 18.2 Å². The zero-order chi connectivity index (χ0) is 18.4. The van der Waals surface area contributed by atoms with Gasteiger partial charge in [-0.2, -0.15) is 0 Å². The lowest BCUT2D eigenvalue weighted by Crippen LogP contribution is -2.37. The predicted molar refractivity (Wildman–Crippen MR) is 104 cm³/mol. The second kappa shape index (κ2) is 9.14. The molecule has 2 heterocycles. The molecule has 3 rings (SSSR count). The molecule has 0 radical (unpaired) electrons. The molecule has 0 aromatic heterocycles. The number of hydrogen-bond donors (Lipinski definition) is 3. The monoisotopic (exact) mass is 358 g/mol. The summed E-state index contributed by atoms with van der Waals surface area (Å²) in [6, 6.07) is 5.70. The van der Waals surface area contributed by atoms with Crippen LogP contribution in [-0.4, -0.2) is 49.4 Å². The van der Waals surface area contributed by atoms with Gasteiger partial charge in [-0.25, -0.2) is 0 Å². The van der Waals surface area contributed by atoms with Gasteiger partial charge in [0.15, 0.2) is 0 Å². The van der Waals surface area contributed by atoms with E-state index < -0.39 is 0 Å². The molecule has 6 heteroatoms. The molecule has 2 aliphatic rings. The number of likely N-dealkylation sites (tertiary alicyclic amines) is 1. The zero-order valence-electron chi connectivity index (χ0n) is 15.6. The van der Waals surface area contributed by atoms with Crippen molar-refractivity contribution in [1.29, 1.82) is 0 Å². The van der Waals surface area contributed by atoms with Crippen LogP contribution in [0.5, 0.6) is 0 Å². The Labute approximate surface area is 155 Å². The van der Waals surface area contributed by atoms with Gasteiger partial charge in [-0.05, 0) is 76.5 Å². The largest absolute Gasteiger partial charge is 0.326 e. The van der Waals surface area contributed by atoms with Gasteiger partial charge < -0.3 is 16.0 Å². The van der Waals surface area contributed by atoms with Crippen LogP contribution >= 0.6 is 0 Å². The molecule has 0 spiro atoms. The van der Waals surface area contributed by atoms with Gasteiger partial charge in [-0.15, -0.1) is 0 Å². The van der Waals surface area contributed by atoms with Crippen LogP contribution in [0.1, 0.15) is 37.7 Å². The van der Waals surface area contributed by atoms with E-state index in [1.54, 1.807) is 0 Å². The highest BCUT2D eigenvalue weighted by Crippen LogP contribution is 2.22. The second-order valence-corrected chi connectivity index (χ2v) is 7.43. The summed E-state index contributed by atoms with van der Waals surface area (Å²) in [4.78, 5) is 27.0. The van der Waals surface area contributed by atoms with E-state index in [0.29, 0.717) is 6.54 Å². The Morgan fingerprint density at radius 1 is 1.12 bits per heavy atom. The van der Waals surface area contributed by atoms with E-state index >= 15 is 0 Å². The van der Waals surface area contributed by atoms with Crippen molar-refractivity contribution in [3.63, 3.8) is 0 Å². The van der Waals surface area contributed by atoms with Crippen molar-refractivity contribution in [1.82, 2.24) is 10.2 Å². The van der Waals surface area contributed by atoms with E-state index in [0.717, 1.165) is 56.0 Å². The summed E-state index contributed by atoms with van der Waals surface area (Å²) in [5.74, 6) is 0.146. The molecule has 2 aliphatic heterocycles.